The molecule has 0 unspecified atom stereocenters. The van der Waals surface area contributed by atoms with Gasteiger partial charge in [-0.05, 0) is 54.0 Å². The summed E-state index contributed by atoms with van der Waals surface area (Å²) in [7, 11) is 0. The second-order valence-corrected chi connectivity index (χ2v) is 9.03. The van der Waals surface area contributed by atoms with E-state index in [1.807, 2.05) is 36.1 Å². The van der Waals surface area contributed by atoms with E-state index in [4.69, 9.17) is 4.74 Å². The minimum absolute atomic E-state index is 0.0604. The number of rotatable bonds is 5. The summed E-state index contributed by atoms with van der Waals surface area (Å²) in [5.74, 6) is 0.988. The lowest BCUT2D eigenvalue weighted by atomic mass is 9.93. The van der Waals surface area contributed by atoms with Gasteiger partial charge in [0.2, 0.25) is 5.91 Å². The topological polar surface area (TPSA) is 49.9 Å². The summed E-state index contributed by atoms with van der Waals surface area (Å²) in [6, 6.07) is 13.8. The Hall–Kier alpha value is -2.82. The Morgan fingerprint density at radius 1 is 1.06 bits per heavy atom. The Kier molecular flexibility index (Phi) is 6.30. The van der Waals surface area contributed by atoms with E-state index in [9.17, 15) is 9.59 Å². The van der Waals surface area contributed by atoms with Crippen molar-refractivity contribution in [2.45, 2.75) is 58.5 Å². The van der Waals surface area contributed by atoms with Crippen LogP contribution in [-0.4, -0.2) is 47.4 Å². The lowest BCUT2D eigenvalue weighted by Gasteiger charge is -2.37. The first-order valence-electron chi connectivity index (χ1n) is 11.3. The van der Waals surface area contributed by atoms with E-state index in [0.29, 0.717) is 18.9 Å². The van der Waals surface area contributed by atoms with Gasteiger partial charge in [0.25, 0.3) is 5.91 Å². The number of fused-ring (bicyclic) bond motifs is 1. The monoisotopic (exact) mass is 420 g/mol. The van der Waals surface area contributed by atoms with Crippen LogP contribution in [0.25, 0.3) is 0 Å². The molecule has 4 rings (SSSR count). The molecule has 31 heavy (non-hydrogen) atoms. The van der Waals surface area contributed by atoms with Crippen LogP contribution in [0.4, 0.5) is 0 Å². The van der Waals surface area contributed by atoms with Gasteiger partial charge in [0.15, 0.2) is 6.61 Å². The Labute approximate surface area is 185 Å². The zero-order valence-electron chi connectivity index (χ0n) is 18.8. The van der Waals surface area contributed by atoms with E-state index in [2.05, 4.69) is 32.0 Å². The lowest BCUT2D eigenvalue weighted by Crippen LogP contribution is -2.54. The summed E-state index contributed by atoms with van der Waals surface area (Å²) in [6.07, 6.45) is 2.65. The number of amides is 2. The van der Waals surface area contributed by atoms with Crippen molar-refractivity contribution in [1.29, 1.82) is 0 Å². The predicted molar refractivity (Wildman–Crippen MR) is 121 cm³/mol. The van der Waals surface area contributed by atoms with Crippen LogP contribution in [0.1, 0.15) is 54.9 Å². The fraction of sp³-hybridized carbons (Fsp3) is 0.462. The molecule has 2 aliphatic heterocycles. The van der Waals surface area contributed by atoms with Crippen LogP contribution in [0.2, 0.25) is 0 Å². The molecule has 0 radical (unpaired) electrons. The van der Waals surface area contributed by atoms with Crippen molar-refractivity contribution in [3.8, 4) is 5.75 Å². The maximum atomic E-state index is 13.3. The fourth-order valence-corrected chi connectivity index (χ4v) is 4.62. The molecule has 2 aliphatic rings. The van der Waals surface area contributed by atoms with Crippen molar-refractivity contribution < 1.29 is 14.3 Å². The van der Waals surface area contributed by atoms with Crippen LogP contribution in [0, 0.1) is 6.92 Å². The smallest absolute Gasteiger partial charge is 0.261 e. The molecular weight excluding hydrogens is 388 g/mol. The summed E-state index contributed by atoms with van der Waals surface area (Å²) in [5, 5.41) is 0. The molecule has 0 spiro atoms. The van der Waals surface area contributed by atoms with Crippen LogP contribution in [-0.2, 0) is 22.6 Å². The maximum absolute atomic E-state index is 13.3. The average Bonchev–Trinajstić information content (AvgIpc) is 3.31. The molecule has 2 aromatic carbocycles. The summed E-state index contributed by atoms with van der Waals surface area (Å²) >= 11 is 0. The van der Waals surface area contributed by atoms with Crippen molar-refractivity contribution in [3.63, 3.8) is 0 Å². The SMILES string of the molecule is Cc1ccc(C(C)C)c(OCC(=O)N2Cc3ccccc3C[C@@H]2C(=O)N2CCCC2)c1. The Balaban J connectivity index is 1.54. The molecule has 0 saturated carbocycles. The van der Waals surface area contributed by atoms with Gasteiger partial charge in [0.1, 0.15) is 11.8 Å². The molecule has 0 N–H and O–H groups in total. The van der Waals surface area contributed by atoms with E-state index in [0.717, 1.165) is 53.9 Å². The number of benzene rings is 2. The van der Waals surface area contributed by atoms with Crippen LogP contribution in [0.3, 0.4) is 0 Å². The highest BCUT2D eigenvalue weighted by atomic mass is 16.5. The molecule has 2 amide bonds. The maximum Gasteiger partial charge on any atom is 0.261 e. The molecule has 0 bridgehead atoms. The number of hydrogen-bond acceptors (Lipinski definition) is 3. The second-order valence-electron chi connectivity index (χ2n) is 9.03. The molecule has 164 valence electrons. The van der Waals surface area contributed by atoms with Crippen molar-refractivity contribution in [3.05, 3.63) is 64.7 Å². The van der Waals surface area contributed by atoms with Gasteiger partial charge in [-0.3, -0.25) is 9.59 Å². The van der Waals surface area contributed by atoms with Gasteiger partial charge >= 0.3 is 0 Å². The lowest BCUT2D eigenvalue weighted by molar-refractivity contribution is -0.147. The quantitative estimate of drug-likeness (QED) is 0.733. The molecule has 0 aromatic heterocycles. The van der Waals surface area contributed by atoms with Crippen molar-refractivity contribution in [2.75, 3.05) is 19.7 Å². The first-order valence-corrected chi connectivity index (χ1v) is 11.3. The molecule has 2 aromatic rings. The zero-order chi connectivity index (χ0) is 22.0. The molecular formula is C26H32N2O3. The van der Waals surface area contributed by atoms with Crippen LogP contribution >= 0.6 is 0 Å². The Bertz CT molecular complexity index is 963. The first-order chi connectivity index (χ1) is 14.9. The van der Waals surface area contributed by atoms with E-state index in [1.54, 1.807) is 4.90 Å². The molecule has 0 aliphatic carbocycles. The second kappa shape index (κ2) is 9.13. The number of aryl methyl sites for hydroxylation is 1. The molecule has 2 heterocycles. The number of carbonyl (C=O) groups excluding carboxylic acids is 2. The van der Waals surface area contributed by atoms with Gasteiger partial charge in [-0.25, -0.2) is 0 Å². The van der Waals surface area contributed by atoms with Crippen molar-refractivity contribution in [2.24, 2.45) is 0 Å². The van der Waals surface area contributed by atoms with Gasteiger partial charge in [-0.15, -0.1) is 0 Å². The molecule has 5 heteroatoms. The molecule has 1 fully saturated rings. The predicted octanol–water partition coefficient (Wildman–Crippen LogP) is 4.07. The summed E-state index contributed by atoms with van der Waals surface area (Å²) in [5.41, 5.74) is 4.46. The minimum atomic E-state index is -0.453. The fourth-order valence-electron chi connectivity index (χ4n) is 4.62. The number of carbonyl (C=O) groups is 2. The van der Waals surface area contributed by atoms with E-state index in [1.165, 1.54) is 0 Å². The summed E-state index contributed by atoms with van der Waals surface area (Å²) in [4.78, 5) is 30.2. The minimum Gasteiger partial charge on any atom is -0.483 e. The highest BCUT2D eigenvalue weighted by Gasteiger charge is 2.37. The number of likely N-dealkylation sites (tertiary alicyclic amines) is 1. The van der Waals surface area contributed by atoms with Crippen LogP contribution in [0.15, 0.2) is 42.5 Å². The Morgan fingerprint density at radius 3 is 2.48 bits per heavy atom. The van der Waals surface area contributed by atoms with Crippen LogP contribution in [0.5, 0.6) is 5.75 Å². The summed E-state index contributed by atoms with van der Waals surface area (Å²) < 4.78 is 6.02. The number of ether oxygens (including phenoxy) is 1. The third kappa shape index (κ3) is 4.60. The van der Waals surface area contributed by atoms with Gasteiger partial charge < -0.3 is 14.5 Å². The van der Waals surface area contributed by atoms with E-state index < -0.39 is 6.04 Å². The van der Waals surface area contributed by atoms with Crippen LogP contribution < -0.4 is 4.74 Å². The van der Waals surface area contributed by atoms with Crippen molar-refractivity contribution in [1.82, 2.24) is 9.80 Å². The first kappa shape index (κ1) is 21.4. The third-order valence-electron chi connectivity index (χ3n) is 6.41. The molecule has 5 nitrogen and oxygen atoms in total. The van der Waals surface area contributed by atoms with Gasteiger partial charge in [0.05, 0.1) is 0 Å². The highest BCUT2D eigenvalue weighted by Crippen LogP contribution is 2.29. The number of nitrogens with zero attached hydrogens (tertiary/aromatic N) is 2. The zero-order valence-corrected chi connectivity index (χ0v) is 18.8. The molecule has 1 saturated heterocycles. The van der Waals surface area contributed by atoms with Gasteiger partial charge in [-0.2, -0.15) is 0 Å². The standard InChI is InChI=1S/C26H32N2O3/c1-18(2)22-11-10-19(3)14-24(22)31-17-25(29)28-16-21-9-5-4-8-20(21)15-23(28)26(30)27-12-6-7-13-27/h4-5,8-11,14,18,23H,6-7,12-13,15-17H2,1-3H3/t23-/m1/s1. The number of hydrogen-bond donors (Lipinski definition) is 0. The van der Waals surface area contributed by atoms with Gasteiger partial charge in [0, 0.05) is 26.1 Å². The molecule has 1 atom stereocenters. The largest absolute Gasteiger partial charge is 0.483 e. The highest BCUT2D eigenvalue weighted by molar-refractivity contribution is 5.89. The van der Waals surface area contributed by atoms with Crippen molar-refractivity contribution >= 4 is 11.8 Å². The normalized spacial score (nSPS) is 18.3. The van der Waals surface area contributed by atoms with Gasteiger partial charge in [-0.1, -0.05) is 50.2 Å². The van der Waals surface area contributed by atoms with E-state index >= 15 is 0 Å². The van der Waals surface area contributed by atoms with E-state index in [-0.39, 0.29) is 18.4 Å². The summed E-state index contributed by atoms with van der Waals surface area (Å²) in [6.45, 7) is 8.22. The average molecular weight is 421 g/mol. The third-order valence-corrected chi connectivity index (χ3v) is 6.41. The Morgan fingerprint density at radius 2 is 1.77 bits per heavy atom.